The van der Waals surface area contributed by atoms with Gasteiger partial charge in [0.2, 0.25) is 0 Å². The van der Waals surface area contributed by atoms with Crippen molar-refractivity contribution in [1.82, 2.24) is 0 Å². The van der Waals surface area contributed by atoms with E-state index in [9.17, 15) is 19.5 Å². The fraction of sp³-hybridized carbons (Fsp3) is 0.780. The Bertz CT molecular complexity index is 1830. The van der Waals surface area contributed by atoms with Crippen molar-refractivity contribution in [2.45, 2.75) is 204 Å². The molecule has 5 saturated heterocycles. The Balaban J connectivity index is 1.08. The fourth-order valence-corrected chi connectivity index (χ4v) is 11.8. The van der Waals surface area contributed by atoms with Crippen molar-refractivity contribution in [1.29, 1.82) is 0 Å². The molecule has 356 valence electrons. The van der Waals surface area contributed by atoms with Crippen LogP contribution in [0.4, 0.5) is 0 Å². The van der Waals surface area contributed by atoms with E-state index in [1.807, 2.05) is 19.1 Å². The predicted octanol–water partition coefficient (Wildman–Crippen LogP) is 6.55. The molecule has 0 aromatic heterocycles. The number of ether oxygens (including phenoxy) is 10. The zero-order chi connectivity index (χ0) is 45.5. The zero-order valence-electron chi connectivity index (χ0n) is 39.1. The van der Waals surface area contributed by atoms with Crippen LogP contribution in [0.25, 0.3) is 0 Å². The maximum Gasteiger partial charge on any atom is 0.316 e. The molecular formula is C50H72O14. The largest absolute Gasteiger partial charge is 0.462 e. The summed E-state index contributed by atoms with van der Waals surface area (Å²) in [5, 5.41) is 12.5. The topological polar surface area (TPSA) is 164 Å². The van der Waals surface area contributed by atoms with Gasteiger partial charge in [-0.15, -0.1) is 0 Å². The highest BCUT2D eigenvalue weighted by atomic mass is 16.7. The highest BCUT2D eigenvalue weighted by Gasteiger charge is 2.60. The summed E-state index contributed by atoms with van der Waals surface area (Å²) in [4.78, 5) is 40.4. The van der Waals surface area contributed by atoms with E-state index in [0.29, 0.717) is 55.1 Å². The molecule has 0 aromatic rings. The molecule has 6 heterocycles. The molecule has 8 aliphatic rings. The maximum absolute atomic E-state index is 14.4. The standard InChI is InChI=1S/C50H72O14/c1-27-13-12-16-34-26-57-47-42(51)30(4)21-37(50(34,47)54)48(53)60-36-22-35(63-49(25-36)20-19-29(3)45(64-49)33-14-10-9-11-15-33)18-17-28(2)44(27)61-41-24-39(56-8)46(32(6)59-41)62-40-23-38(55-7)43(52)31(5)58-40/h12-13,16-17,21,27,29,31-33,35-41,44-47,54H,9-11,14-15,18-20,22-26H2,1-8H3/t27-,29-,31?,32?,35+,36-,37-,38+,39+,40-,41-,44-,45-,46-,47+,49?,50+/m0/s1. The maximum atomic E-state index is 14.4. The first-order valence-corrected chi connectivity index (χ1v) is 24.0. The van der Waals surface area contributed by atoms with Gasteiger partial charge >= 0.3 is 5.97 Å². The molecule has 6 fully saturated rings. The molecule has 1 saturated carbocycles. The van der Waals surface area contributed by atoms with Crippen LogP contribution in [-0.2, 0) is 61.8 Å². The van der Waals surface area contributed by atoms with Crippen LogP contribution in [0, 0.1) is 23.7 Å². The third kappa shape index (κ3) is 9.70. The first-order chi connectivity index (χ1) is 30.6. The van der Waals surface area contributed by atoms with Gasteiger partial charge in [0.05, 0.1) is 37.1 Å². The molecule has 0 aromatic carbocycles. The Labute approximate surface area is 378 Å². The van der Waals surface area contributed by atoms with Gasteiger partial charge in [0, 0.05) is 52.2 Å². The van der Waals surface area contributed by atoms with Crippen LogP contribution in [0.2, 0.25) is 0 Å². The van der Waals surface area contributed by atoms with Crippen molar-refractivity contribution in [3.05, 3.63) is 47.1 Å². The number of fused-ring (bicyclic) bond motifs is 2. The lowest BCUT2D eigenvalue weighted by atomic mass is 9.71. The number of rotatable bonds is 7. The molecule has 2 bridgehead atoms. The zero-order valence-corrected chi connectivity index (χ0v) is 39.1. The summed E-state index contributed by atoms with van der Waals surface area (Å²) < 4.78 is 63.9. The second-order valence-corrected chi connectivity index (χ2v) is 20.0. The first kappa shape index (κ1) is 47.8. The van der Waals surface area contributed by atoms with E-state index >= 15 is 0 Å². The Morgan fingerprint density at radius 2 is 1.62 bits per heavy atom. The van der Waals surface area contributed by atoms with Crippen molar-refractivity contribution >= 4 is 17.5 Å². The highest BCUT2D eigenvalue weighted by Crippen LogP contribution is 2.48. The van der Waals surface area contributed by atoms with Crippen LogP contribution in [0.3, 0.4) is 0 Å². The number of hydrogen-bond acceptors (Lipinski definition) is 14. The van der Waals surface area contributed by atoms with E-state index in [1.54, 1.807) is 33.1 Å². The lowest BCUT2D eigenvalue weighted by Gasteiger charge is -2.51. The third-order valence-electron chi connectivity index (χ3n) is 15.5. The first-order valence-electron chi connectivity index (χ1n) is 24.0. The summed E-state index contributed by atoms with van der Waals surface area (Å²) in [6.45, 7) is 11.7. The van der Waals surface area contributed by atoms with Gasteiger partial charge in [0.25, 0.3) is 0 Å². The van der Waals surface area contributed by atoms with Crippen molar-refractivity contribution in [2.75, 3.05) is 20.8 Å². The minimum Gasteiger partial charge on any atom is -0.462 e. The lowest BCUT2D eigenvalue weighted by molar-refractivity contribution is -0.342. The number of methoxy groups -OCH3 is 2. The van der Waals surface area contributed by atoms with Crippen LogP contribution in [0.15, 0.2) is 47.1 Å². The summed E-state index contributed by atoms with van der Waals surface area (Å²) in [5.41, 5.74) is -0.166. The molecule has 1 N–H and O–H groups in total. The molecule has 8 rings (SSSR count). The predicted molar refractivity (Wildman–Crippen MR) is 233 cm³/mol. The van der Waals surface area contributed by atoms with E-state index in [-0.39, 0.29) is 42.7 Å². The van der Waals surface area contributed by atoms with E-state index in [4.69, 9.17) is 47.4 Å². The molecule has 14 nitrogen and oxygen atoms in total. The summed E-state index contributed by atoms with van der Waals surface area (Å²) in [5.74, 6) is -2.50. The van der Waals surface area contributed by atoms with Gasteiger partial charge in [0.15, 0.2) is 36.0 Å². The molecule has 0 amide bonds. The highest BCUT2D eigenvalue weighted by molar-refractivity contribution is 6.03. The average molecular weight is 897 g/mol. The Kier molecular flexibility index (Phi) is 14.9. The molecular weight excluding hydrogens is 825 g/mol. The van der Waals surface area contributed by atoms with Crippen molar-refractivity contribution in [3.8, 4) is 0 Å². The van der Waals surface area contributed by atoms with Crippen molar-refractivity contribution < 1.29 is 66.9 Å². The van der Waals surface area contributed by atoms with E-state index in [1.165, 1.54) is 26.4 Å². The molecule has 0 radical (unpaired) electrons. The van der Waals surface area contributed by atoms with Gasteiger partial charge in [-0.3, -0.25) is 14.4 Å². The van der Waals surface area contributed by atoms with Gasteiger partial charge in [-0.05, 0) is 81.9 Å². The Morgan fingerprint density at radius 3 is 2.38 bits per heavy atom. The quantitative estimate of drug-likeness (QED) is 0.216. The van der Waals surface area contributed by atoms with E-state index < -0.39 is 84.7 Å². The van der Waals surface area contributed by atoms with E-state index in [2.05, 4.69) is 26.8 Å². The van der Waals surface area contributed by atoms with Gasteiger partial charge in [0.1, 0.15) is 35.9 Å². The fourth-order valence-electron chi connectivity index (χ4n) is 11.8. The number of Topliss-reactive ketones (excluding diaryl/α,β-unsaturated/α-hetero) is 2. The number of aliphatic hydroxyl groups is 1. The second kappa shape index (κ2) is 19.9. The van der Waals surface area contributed by atoms with Gasteiger partial charge in [-0.2, -0.15) is 0 Å². The van der Waals surface area contributed by atoms with Gasteiger partial charge in [-0.25, -0.2) is 0 Å². The van der Waals surface area contributed by atoms with Crippen LogP contribution < -0.4 is 0 Å². The van der Waals surface area contributed by atoms with Crippen LogP contribution in [0.1, 0.15) is 119 Å². The number of carbonyl (C=O) groups excluding carboxylic acids is 3. The third-order valence-corrected chi connectivity index (χ3v) is 15.5. The van der Waals surface area contributed by atoms with Gasteiger partial charge in [-0.1, -0.05) is 63.5 Å². The number of allylic oxidation sites excluding steroid dienone is 2. The minimum atomic E-state index is -1.92. The number of carbonyl (C=O) groups is 3. The normalized spacial score (nSPS) is 45.0. The monoisotopic (exact) mass is 896 g/mol. The number of ketones is 2. The minimum absolute atomic E-state index is 0.0187. The summed E-state index contributed by atoms with van der Waals surface area (Å²) in [6, 6.07) is 0. The van der Waals surface area contributed by atoms with Crippen LogP contribution in [0.5, 0.6) is 0 Å². The molecule has 14 heteroatoms. The Hall–Kier alpha value is -2.63. The van der Waals surface area contributed by atoms with E-state index in [0.717, 1.165) is 24.8 Å². The second-order valence-electron chi connectivity index (χ2n) is 20.0. The molecule has 3 unspecified atom stereocenters. The molecule has 17 atom stereocenters. The number of esters is 1. The van der Waals surface area contributed by atoms with Crippen molar-refractivity contribution in [2.24, 2.45) is 23.7 Å². The van der Waals surface area contributed by atoms with Crippen LogP contribution >= 0.6 is 0 Å². The lowest BCUT2D eigenvalue weighted by Crippen LogP contribution is -2.57. The summed E-state index contributed by atoms with van der Waals surface area (Å²) >= 11 is 0. The average Bonchev–Trinajstić information content (AvgIpc) is 3.62. The Morgan fingerprint density at radius 1 is 0.859 bits per heavy atom. The summed E-state index contributed by atoms with van der Waals surface area (Å²) in [6.07, 6.45) is 12.3. The molecule has 2 aliphatic carbocycles. The SMILES string of the molecule is CO[C@@H]1C[C@H](O[C@H]2C(C)O[C@@H](O[C@@H]3C(C)=CC[C@@H]4C[C@@H](CC5(CC[C@H](C)[C@@H](C6CCCCC6)O5)O4)OC(=O)[C@@H]4C=C(C)C(=O)[C@H]5OCC(=CC=C[C@@H]3C)[C@]54O)C[C@H]2OC)OC(C)C1=O. The molecule has 1 spiro atoms. The smallest absolute Gasteiger partial charge is 0.316 e. The molecule has 6 aliphatic heterocycles. The van der Waals surface area contributed by atoms with Gasteiger partial charge < -0.3 is 52.5 Å². The summed E-state index contributed by atoms with van der Waals surface area (Å²) in [7, 11) is 3.15. The van der Waals surface area contributed by atoms with Crippen LogP contribution in [-0.4, -0.2) is 128 Å². The van der Waals surface area contributed by atoms with Crippen molar-refractivity contribution in [3.63, 3.8) is 0 Å². The number of hydrogen-bond donors (Lipinski definition) is 1. The molecule has 64 heavy (non-hydrogen) atoms.